The Morgan fingerprint density at radius 2 is 1.94 bits per heavy atom. The number of likely N-dealkylation sites (tertiary alicyclic amines) is 1. The second-order valence-corrected chi connectivity index (χ2v) is 8.20. The maximum absolute atomic E-state index is 11.8. The number of rotatable bonds is 10. The van der Waals surface area contributed by atoms with Crippen LogP contribution >= 0.6 is 0 Å². The second-order valence-electron chi connectivity index (χ2n) is 8.20. The Hall–Kier alpha value is -2.54. The van der Waals surface area contributed by atoms with E-state index in [1.807, 2.05) is 13.0 Å². The van der Waals surface area contributed by atoms with E-state index in [4.69, 9.17) is 19.2 Å². The predicted molar refractivity (Wildman–Crippen MR) is 121 cm³/mol. The number of methoxy groups -OCH3 is 1. The molecule has 7 nitrogen and oxygen atoms in total. The van der Waals surface area contributed by atoms with Crippen molar-refractivity contribution in [3.63, 3.8) is 0 Å². The van der Waals surface area contributed by atoms with E-state index in [1.54, 1.807) is 7.11 Å². The summed E-state index contributed by atoms with van der Waals surface area (Å²) in [7, 11) is 1.68. The largest absolute Gasteiger partial charge is 0.493 e. The molecule has 1 saturated heterocycles. The number of aromatic nitrogens is 1. The lowest BCUT2D eigenvalue weighted by molar-refractivity contribution is -0.140. The minimum atomic E-state index is -0.270. The van der Waals surface area contributed by atoms with E-state index in [-0.39, 0.29) is 12.5 Å². The van der Waals surface area contributed by atoms with Crippen LogP contribution in [-0.2, 0) is 22.4 Å². The van der Waals surface area contributed by atoms with E-state index in [0.717, 1.165) is 60.4 Å². The van der Waals surface area contributed by atoms with Crippen LogP contribution in [0.15, 0.2) is 12.1 Å². The molecule has 0 amide bonds. The lowest BCUT2D eigenvalue weighted by Crippen LogP contribution is -2.21. The number of nitrogens with one attached hydrogen (secondary N) is 1. The first kappa shape index (κ1) is 21.7. The topological polar surface area (TPSA) is 72.9 Å². The fourth-order valence-electron chi connectivity index (χ4n) is 4.64. The Labute approximate surface area is 184 Å². The van der Waals surface area contributed by atoms with Crippen LogP contribution in [0, 0.1) is 0 Å². The molecule has 1 aliphatic carbocycles. The number of esters is 1. The van der Waals surface area contributed by atoms with Crippen LogP contribution in [-0.4, -0.2) is 62.4 Å². The number of anilines is 1. The molecule has 2 heterocycles. The summed E-state index contributed by atoms with van der Waals surface area (Å²) in [6.07, 6.45) is 6.65. The van der Waals surface area contributed by atoms with Crippen molar-refractivity contribution in [2.24, 2.45) is 0 Å². The van der Waals surface area contributed by atoms with Crippen molar-refractivity contribution in [2.45, 2.75) is 45.4 Å². The lowest BCUT2D eigenvalue weighted by Gasteiger charge is -2.17. The average molecular weight is 428 g/mol. The molecule has 0 spiro atoms. The summed E-state index contributed by atoms with van der Waals surface area (Å²) in [5, 5.41) is 4.30. The fraction of sp³-hybridized carbons (Fsp3) is 0.583. The number of nitrogens with zero attached hydrogens (tertiary/aromatic N) is 2. The Kier molecular flexibility index (Phi) is 7.12. The minimum absolute atomic E-state index is 0.120. The van der Waals surface area contributed by atoms with Gasteiger partial charge in [-0.25, -0.2) is 4.98 Å². The molecule has 31 heavy (non-hydrogen) atoms. The predicted octanol–water partition coefficient (Wildman–Crippen LogP) is 3.57. The van der Waals surface area contributed by atoms with E-state index in [1.165, 1.54) is 37.1 Å². The van der Waals surface area contributed by atoms with Gasteiger partial charge in [0.05, 0.1) is 25.8 Å². The first-order chi connectivity index (χ1) is 15.2. The highest BCUT2D eigenvalue weighted by atomic mass is 16.5. The fourth-order valence-corrected chi connectivity index (χ4v) is 4.64. The maximum atomic E-state index is 11.8. The van der Waals surface area contributed by atoms with Crippen molar-refractivity contribution < 1.29 is 19.0 Å². The van der Waals surface area contributed by atoms with Gasteiger partial charge in [0.2, 0.25) is 0 Å². The molecule has 1 aromatic heterocycles. The molecule has 168 valence electrons. The highest BCUT2D eigenvalue weighted by Gasteiger charge is 2.22. The number of hydrogen-bond donors (Lipinski definition) is 1. The van der Waals surface area contributed by atoms with E-state index >= 15 is 0 Å². The van der Waals surface area contributed by atoms with Crippen LogP contribution in [0.25, 0.3) is 10.9 Å². The van der Waals surface area contributed by atoms with Crippen LogP contribution in [0.4, 0.5) is 5.82 Å². The molecule has 0 radical (unpaired) electrons. The molecule has 1 aromatic carbocycles. The van der Waals surface area contributed by atoms with E-state index in [2.05, 4.69) is 16.3 Å². The number of pyridine rings is 1. The molecule has 1 N–H and O–H groups in total. The van der Waals surface area contributed by atoms with Gasteiger partial charge < -0.3 is 24.4 Å². The van der Waals surface area contributed by atoms with Gasteiger partial charge in [-0.3, -0.25) is 4.79 Å². The molecule has 0 saturated carbocycles. The van der Waals surface area contributed by atoms with Crippen molar-refractivity contribution >= 4 is 22.7 Å². The standard InChI is InChI=1S/C24H33N3O4/c1-3-30-23(28)16-25-24-18-9-6-8-17(18)19-14-21(29-2)22(15-20(19)26-24)31-13-7-12-27-10-4-5-11-27/h14-15H,3-13,16H2,1-2H3,(H,25,26). The van der Waals surface area contributed by atoms with Gasteiger partial charge in [-0.1, -0.05) is 0 Å². The van der Waals surface area contributed by atoms with Crippen LogP contribution in [0.5, 0.6) is 11.5 Å². The molecular formula is C24H33N3O4. The molecule has 2 aromatic rings. The Morgan fingerprint density at radius 1 is 1.13 bits per heavy atom. The number of aryl methyl sites for hydroxylation is 1. The molecule has 0 bridgehead atoms. The maximum Gasteiger partial charge on any atom is 0.325 e. The summed E-state index contributed by atoms with van der Waals surface area (Å²) >= 11 is 0. The zero-order valence-corrected chi connectivity index (χ0v) is 18.7. The number of fused-ring (bicyclic) bond motifs is 3. The minimum Gasteiger partial charge on any atom is -0.493 e. The van der Waals surface area contributed by atoms with Gasteiger partial charge in [0, 0.05) is 18.0 Å². The Bertz CT molecular complexity index is 925. The van der Waals surface area contributed by atoms with Crippen LogP contribution in [0.2, 0.25) is 0 Å². The number of benzene rings is 1. The zero-order valence-electron chi connectivity index (χ0n) is 18.7. The highest BCUT2D eigenvalue weighted by Crippen LogP contribution is 2.39. The number of ether oxygens (including phenoxy) is 3. The van der Waals surface area contributed by atoms with Crippen molar-refractivity contribution in [2.75, 3.05) is 51.8 Å². The number of hydrogen-bond acceptors (Lipinski definition) is 7. The molecular weight excluding hydrogens is 394 g/mol. The third-order valence-corrected chi connectivity index (χ3v) is 6.12. The van der Waals surface area contributed by atoms with Gasteiger partial charge in [0.15, 0.2) is 11.5 Å². The quantitative estimate of drug-likeness (QED) is 0.459. The van der Waals surface area contributed by atoms with Gasteiger partial charge in [-0.05, 0) is 75.7 Å². The zero-order chi connectivity index (χ0) is 21.6. The summed E-state index contributed by atoms with van der Waals surface area (Å²) in [6, 6.07) is 4.02. The van der Waals surface area contributed by atoms with Gasteiger partial charge in [0.25, 0.3) is 0 Å². The highest BCUT2D eigenvalue weighted by molar-refractivity contribution is 5.90. The number of carbonyl (C=O) groups is 1. The third-order valence-electron chi connectivity index (χ3n) is 6.12. The van der Waals surface area contributed by atoms with Crippen LogP contribution in [0.1, 0.15) is 43.7 Å². The third kappa shape index (κ3) is 5.03. The van der Waals surface area contributed by atoms with E-state index in [0.29, 0.717) is 13.2 Å². The Morgan fingerprint density at radius 3 is 2.71 bits per heavy atom. The van der Waals surface area contributed by atoms with Gasteiger partial charge in [0.1, 0.15) is 12.4 Å². The first-order valence-electron chi connectivity index (χ1n) is 11.5. The van der Waals surface area contributed by atoms with Crippen molar-refractivity contribution in [1.82, 2.24) is 9.88 Å². The van der Waals surface area contributed by atoms with Crippen molar-refractivity contribution in [1.29, 1.82) is 0 Å². The summed E-state index contributed by atoms with van der Waals surface area (Å²) in [6.45, 7) is 6.44. The van der Waals surface area contributed by atoms with Crippen molar-refractivity contribution in [3.8, 4) is 11.5 Å². The van der Waals surface area contributed by atoms with E-state index < -0.39 is 0 Å². The number of carbonyl (C=O) groups excluding carboxylic acids is 1. The summed E-state index contributed by atoms with van der Waals surface area (Å²) in [5.74, 6) is 1.97. The van der Waals surface area contributed by atoms with Crippen LogP contribution in [0.3, 0.4) is 0 Å². The molecule has 1 fully saturated rings. The molecule has 0 atom stereocenters. The normalized spacial score (nSPS) is 15.8. The van der Waals surface area contributed by atoms with Crippen LogP contribution < -0.4 is 14.8 Å². The Balaban J connectivity index is 1.53. The second kappa shape index (κ2) is 10.2. The average Bonchev–Trinajstić information content (AvgIpc) is 3.47. The summed E-state index contributed by atoms with van der Waals surface area (Å²) < 4.78 is 16.8. The monoisotopic (exact) mass is 427 g/mol. The van der Waals surface area contributed by atoms with Gasteiger partial charge in [-0.15, -0.1) is 0 Å². The van der Waals surface area contributed by atoms with Gasteiger partial charge in [-0.2, -0.15) is 0 Å². The molecule has 1 aliphatic heterocycles. The first-order valence-corrected chi connectivity index (χ1v) is 11.5. The molecule has 4 rings (SSSR count). The van der Waals surface area contributed by atoms with E-state index in [9.17, 15) is 4.79 Å². The molecule has 2 aliphatic rings. The summed E-state index contributed by atoms with van der Waals surface area (Å²) in [5.41, 5.74) is 3.34. The molecule has 7 heteroatoms. The van der Waals surface area contributed by atoms with Gasteiger partial charge >= 0.3 is 5.97 Å². The van der Waals surface area contributed by atoms with Crippen molar-refractivity contribution in [3.05, 3.63) is 23.3 Å². The smallest absolute Gasteiger partial charge is 0.325 e. The SMILES string of the molecule is CCOC(=O)CNc1nc2cc(OCCCN3CCCC3)c(OC)cc2c2c1CCC2. The summed E-state index contributed by atoms with van der Waals surface area (Å²) in [4.78, 5) is 19.1. The molecule has 0 unspecified atom stereocenters. The lowest BCUT2D eigenvalue weighted by atomic mass is 10.0.